The molecule has 0 heterocycles. The number of carbonyl (C=O) groups excluding carboxylic acids is 1. The lowest BCUT2D eigenvalue weighted by molar-refractivity contribution is -0.122. The molecule has 102 valence electrons. The second-order valence-electron chi connectivity index (χ2n) is 6.53. The van der Waals surface area contributed by atoms with Crippen LogP contribution in [0.5, 0.6) is 0 Å². The van der Waals surface area contributed by atoms with Gasteiger partial charge >= 0.3 is 0 Å². The standard InChI is InChI=1S/C15H26N2O/c18-14(12-4-5-12)17-11-10-16-13-6-9-15(13)7-2-1-3-8-15/h12-13,16H,1-11H2,(H,17,18). The van der Waals surface area contributed by atoms with E-state index in [1.807, 2.05) is 0 Å². The first-order valence-electron chi connectivity index (χ1n) is 7.81. The molecule has 3 saturated carbocycles. The summed E-state index contributed by atoms with van der Waals surface area (Å²) in [4.78, 5) is 11.5. The van der Waals surface area contributed by atoms with Crippen molar-refractivity contribution in [1.82, 2.24) is 10.6 Å². The summed E-state index contributed by atoms with van der Waals surface area (Å²) in [5, 5.41) is 6.72. The van der Waals surface area contributed by atoms with Crippen molar-refractivity contribution in [1.29, 1.82) is 0 Å². The maximum atomic E-state index is 11.5. The van der Waals surface area contributed by atoms with Crippen molar-refractivity contribution < 1.29 is 4.79 Å². The van der Waals surface area contributed by atoms with Crippen molar-refractivity contribution in [3.05, 3.63) is 0 Å². The van der Waals surface area contributed by atoms with E-state index < -0.39 is 0 Å². The zero-order valence-corrected chi connectivity index (χ0v) is 11.3. The van der Waals surface area contributed by atoms with Crippen LogP contribution in [-0.2, 0) is 4.79 Å². The van der Waals surface area contributed by atoms with Crippen molar-refractivity contribution in [3.8, 4) is 0 Å². The minimum absolute atomic E-state index is 0.276. The smallest absolute Gasteiger partial charge is 0.223 e. The molecule has 2 N–H and O–H groups in total. The van der Waals surface area contributed by atoms with Gasteiger partial charge in [0.25, 0.3) is 0 Å². The summed E-state index contributed by atoms with van der Waals surface area (Å²) in [5.74, 6) is 0.621. The molecule has 3 rings (SSSR count). The van der Waals surface area contributed by atoms with E-state index in [9.17, 15) is 4.79 Å². The van der Waals surface area contributed by atoms with Gasteiger partial charge in [-0.2, -0.15) is 0 Å². The third-order valence-corrected chi connectivity index (χ3v) is 5.28. The Morgan fingerprint density at radius 2 is 1.78 bits per heavy atom. The normalized spacial score (nSPS) is 29.9. The number of rotatable bonds is 5. The van der Waals surface area contributed by atoms with E-state index in [2.05, 4.69) is 10.6 Å². The molecular weight excluding hydrogens is 224 g/mol. The number of hydrogen-bond acceptors (Lipinski definition) is 2. The van der Waals surface area contributed by atoms with Crippen molar-refractivity contribution in [2.75, 3.05) is 13.1 Å². The third-order valence-electron chi connectivity index (χ3n) is 5.28. The quantitative estimate of drug-likeness (QED) is 0.735. The van der Waals surface area contributed by atoms with Gasteiger partial charge in [-0.15, -0.1) is 0 Å². The molecule has 0 aliphatic heterocycles. The number of nitrogens with one attached hydrogen (secondary N) is 2. The monoisotopic (exact) mass is 250 g/mol. The van der Waals surface area contributed by atoms with Crippen LogP contribution in [0, 0.1) is 11.3 Å². The molecular formula is C15H26N2O. The molecule has 3 fully saturated rings. The molecule has 1 unspecified atom stereocenters. The van der Waals surface area contributed by atoms with Gasteiger partial charge in [-0.25, -0.2) is 0 Å². The number of carbonyl (C=O) groups is 1. The lowest BCUT2D eigenvalue weighted by Crippen LogP contribution is -2.55. The Kier molecular flexibility index (Phi) is 3.60. The van der Waals surface area contributed by atoms with Crippen molar-refractivity contribution >= 4 is 5.91 Å². The summed E-state index contributed by atoms with van der Waals surface area (Å²) in [6.07, 6.45) is 12.1. The fraction of sp³-hybridized carbons (Fsp3) is 0.933. The second-order valence-corrected chi connectivity index (χ2v) is 6.53. The molecule has 0 radical (unpaired) electrons. The summed E-state index contributed by atoms with van der Waals surface area (Å²) in [6, 6.07) is 0.732. The van der Waals surface area contributed by atoms with Gasteiger partial charge in [0.05, 0.1) is 0 Å². The van der Waals surface area contributed by atoms with Crippen LogP contribution in [0.4, 0.5) is 0 Å². The van der Waals surface area contributed by atoms with Crippen molar-refractivity contribution in [2.45, 2.75) is 63.8 Å². The van der Waals surface area contributed by atoms with Gasteiger partial charge < -0.3 is 10.6 Å². The van der Waals surface area contributed by atoms with E-state index in [1.165, 1.54) is 44.9 Å². The van der Waals surface area contributed by atoms with Gasteiger partial charge in [-0.1, -0.05) is 19.3 Å². The highest BCUT2D eigenvalue weighted by Gasteiger charge is 2.46. The molecule has 1 amide bonds. The maximum absolute atomic E-state index is 11.5. The molecule has 3 nitrogen and oxygen atoms in total. The Morgan fingerprint density at radius 1 is 1.00 bits per heavy atom. The van der Waals surface area contributed by atoms with Crippen LogP contribution >= 0.6 is 0 Å². The van der Waals surface area contributed by atoms with E-state index in [1.54, 1.807) is 0 Å². The Balaban J connectivity index is 1.34. The molecule has 0 aromatic carbocycles. The maximum Gasteiger partial charge on any atom is 0.223 e. The lowest BCUT2D eigenvalue weighted by atomic mass is 9.57. The molecule has 0 aromatic heterocycles. The SMILES string of the molecule is O=C(NCCNC1CCC12CCCCC2)C1CC1. The Labute approximate surface area is 110 Å². The number of hydrogen-bond donors (Lipinski definition) is 2. The molecule has 1 spiro atoms. The predicted octanol–water partition coefficient (Wildman–Crippen LogP) is 2.22. The van der Waals surface area contributed by atoms with Crippen LogP contribution in [-0.4, -0.2) is 25.0 Å². The molecule has 3 aliphatic rings. The fourth-order valence-electron chi connectivity index (χ4n) is 3.79. The first-order valence-corrected chi connectivity index (χ1v) is 7.81. The Hall–Kier alpha value is -0.570. The third kappa shape index (κ3) is 2.56. The van der Waals surface area contributed by atoms with Gasteiger partial charge in [0.1, 0.15) is 0 Å². The van der Waals surface area contributed by atoms with E-state index in [0.29, 0.717) is 11.3 Å². The number of amides is 1. The van der Waals surface area contributed by atoms with Crippen LogP contribution in [0.25, 0.3) is 0 Å². The highest BCUT2D eigenvalue weighted by atomic mass is 16.2. The zero-order valence-electron chi connectivity index (χ0n) is 11.3. The van der Waals surface area contributed by atoms with E-state index in [0.717, 1.165) is 32.0 Å². The van der Waals surface area contributed by atoms with Gasteiger partial charge in [0.2, 0.25) is 5.91 Å². The van der Waals surface area contributed by atoms with Crippen LogP contribution in [0.15, 0.2) is 0 Å². The molecule has 18 heavy (non-hydrogen) atoms. The average Bonchev–Trinajstić information content (AvgIpc) is 3.22. The molecule has 0 aromatic rings. The second kappa shape index (κ2) is 5.20. The average molecular weight is 250 g/mol. The van der Waals surface area contributed by atoms with E-state index in [4.69, 9.17) is 0 Å². The highest BCUT2D eigenvalue weighted by molar-refractivity contribution is 5.80. The minimum atomic E-state index is 0.276. The molecule has 3 aliphatic carbocycles. The van der Waals surface area contributed by atoms with Crippen LogP contribution in [0.2, 0.25) is 0 Å². The van der Waals surface area contributed by atoms with Gasteiger partial charge in [0, 0.05) is 25.0 Å². The van der Waals surface area contributed by atoms with E-state index >= 15 is 0 Å². The highest BCUT2D eigenvalue weighted by Crippen LogP contribution is 2.51. The first-order chi connectivity index (χ1) is 8.80. The predicted molar refractivity (Wildman–Crippen MR) is 72.3 cm³/mol. The minimum Gasteiger partial charge on any atom is -0.355 e. The fourth-order valence-corrected chi connectivity index (χ4v) is 3.79. The first kappa shape index (κ1) is 12.5. The molecule has 0 bridgehead atoms. The summed E-state index contributed by atoms with van der Waals surface area (Å²) in [6.45, 7) is 1.76. The van der Waals surface area contributed by atoms with Crippen molar-refractivity contribution in [3.63, 3.8) is 0 Å². The van der Waals surface area contributed by atoms with Gasteiger partial charge in [-0.3, -0.25) is 4.79 Å². The van der Waals surface area contributed by atoms with Gasteiger partial charge in [0.15, 0.2) is 0 Å². The zero-order chi connectivity index (χ0) is 12.4. The van der Waals surface area contributed by atoms with E-state index in [-0.39, 0.29) is 5.91 Å². The van der Waals surface area contributed by atoms with Crippen LogP contribution in [0.1, 0.15) is 57.8 Å². The van der Waals surface area contributed by atoms with Gasteiger partial charge in [-0.05, 0) is 43.9 Å². The largest absolute Gasteiger partial charge is 0.355 e. The Morgan fingerprint density at radius 3 is 2.39 bits per heavy atom. The summed E-state index contributed by atoms with van der Waals surface area (Å²) in [5.41, 5.74) is 0.638. The summed E-state index contributed by atoms with van der Waals surface area (Å²) in [7, 11) is 0. The van der Waals surface area contributed by atoms with Crippen LogP contribution < -0.4 is 10.6 Å². The van der Waals surface area contributed by atoms with Crippen molar-refractivity contribution in [2.24, 2.45) is 11.3 Å². The summed E-state index contributed by atoms with van der Waals surface area (Å²) < 4.78 is 0. The van der Waals surface area contributed by atoms with Crippen LogP contribution in [0.3, 0.4) is 0 Å². The molecule has 0 saturated heterocycles. The Bertz CT molecular complexity index is 306. The molecule has 3 heteroatoms. The summed E-state index contributed by atoms with van der Waals surface area (Å²) >= 11 is 0. The lowest BCUT2D eigenvalue weighted by Gasteiger charge is -2.52. The molecule has 1 atom stereocenters. The topological polar surface area (TPSA) is 41.1 Å².